The molecule has 56 heavy (non-hydrogen) atoms. The molecule has 2 aliphatic heterocycles. The van der Waals surface area contributed by atoms with Gasteiger partial charge in [-0.05, 0) is 91.9 Å². The van der Waals surface area contributed by atoms with Crippen LogP contribution in [0.15, 0.2) is 103 Å². The summed E-state index contributed by atoms with van der Waals surface area (Å²) in [6, 6.07) is 25.3. The Labute approximate surface area is 332 Å². The zero-order valence-corrected chi connectivity index (χ0v) is 31.9. The number of hydrogen-bond acceptors (Lipinski definition) is 9. The largest absolute Gasteiger partial charge is 0.497 e. The maximum Gasteiger partial charge on any atom is 0.260 e. The number of carbonyl (C=O) groups excluding carboxylic acids is 5. The van der Waals surface area contributed by atoms with E-state index in [2.05, 4.69) is 5.43 Å². The Kier molecular flexibility index (Phi) is 9.72. The van der Waals surface area contributed by atoms with Crippen molar-refractivity contribution < 1.29 is 38.6 Å². The van der Waals surface area contributed by atoms with Gasteiger partial charge in [-0.15, -0.1) is 0 Å². The summed E-state index contributed by atoms with van der Waals surface area (Å²) in [7, 11) is 1.54. The number of hydrazine groups is 1. The number of Topliss-reactive ketones (excluding diaryl/α,β-unsaturated/α-hetero) is 1. The molecule has 286 valence electrons. The van der Waals surface area contributed by atoms with Crippen molar-refractivity contribution in [3.8, 4) is 11.5 Å². The number of benzene rings is 4. The van der Waals surface area contributed by atoms with E-state index in [1.54, 1.807) is 72.8 Å². The summed E-state index contributed by atoms with van der Waals surface area (Å²) in [6.07, 6.45) is 2.24. The van der Waals surface area contributed by atoms with Crippen LogP contribution in [0.3, 0.4) is 0 Å². The summed E-state index contributed by atoms with van der Waals surface area (Å²) in [4.78, 5) is 72.6. The Morgan fingerprint density at radius 2 is 1.64 bits per heavy atom. The summed E-state index contributed by atoms with van der Waals surface area (Å²) < 4.78 is 11.6. The molecule has 6 atom stereocenters. The molecule has 0 bridgehead atoms. The molecule has 2 N–H and O–H groups in total. The number of anilines is 2. The van der Waals surface area contributed by atoms with Crippen LogP contribution in [0.1, 0.15) is 47.2 Å². The predicted molar refractivity (Wildman–Crippen MR) is 209 cm³/mol. The number of ether oxygens (including phenoxy) is 2. The second-order valence-electron chi connectivity index (χ2n) is 14.4. The number of nitrogens with zero attached hydrogens (tertiary/aromatic N) is 2. The average Bonchev–Trinajstić information content (AvgIpc) is 3.58. The topological polar surface area (TPSA) is 143 Å². The number of nitrogens with one attached hydrogen (secondary N) is 1. The molecule has 11 nitrogen and oxygen atoms in total. The molecule has 2 aliphatic carbocycles. The lowest BCUT2D eigenvalue weighted by atomic mass is 9.49. The number of aliphatic hydroxyl groups excluding tert-OH is 1. The fourth-order valence-electron chi connectivity index (χ4n) is 9.29. The minimum absolute atomic E-state index is 0.0319. The van der Waals surface area contributed by atoms with Crippen LogP contribution in [-0.2, 0) is 24.6 Å². The lowest BCUT2D eigenvalue weighted by molar-refractivity contribution is -0.138. The van der Waals surface area contributed by atoms with Crippen LogP contribution in [0.2, 0.25) is 10.0 Å². The van der Waals surface area contributed by atoms with Crippen molar-refractivity contribution in [2.24, 2.45) is 23.7 Å². The molecule has 4 aromatic rings. The lowest BCUT2D eigenvalue weighted by Crippen LogP contribution is -2.53. The highest BCUT2D eigenvalue weighted by Crippen LogP contribution is 2.65. The van der Waals surface area contributed by atoms with Crippen LogP contribution in [0.25, 0.3) is 0 Å². The van der Waals surface area contributed by atoms with E-state index in [0.29, 0.717) is 38.9 Å². The van der Waals surface area contributed by atoms with Gasteiger partial charge in [0.25, 0.3) is 11.8 Å². The number of methoxy groups -OCH3 is 1. The minimum Gasteiger partial charge on any atom is -0.497 e. The standard InChI is InChI=1S/C43H37Cl2N3O8/c1-23(50)24-7-12-27(13-8-24)47-39(51)31-17-16-29-32(37(31)41(47)53)22-33-40(52)48(46-35-18-11-26(44)21-34(35)45)42(54)43(33,25-9-14-28(55-2)15-10-25)38(29)30-5-3-4-6-36(30)56-20-19-49/h3-16,18,21,31-33,37-38,46,49H,17,19-20,22H2,1-2H3. The molecular formula is C43H37Cl2N3O8. The maximum atomic E-state index is 15.5. The van der Waals surface area contributed by atoms with Crippen molar-refractivity contribution in [2.75, 3.05) is 30.6 Å². The SMILES string of the molecule is COc1ccc(C23C(=O)N(Nc4ccc(Cl)cc4Cl)C(=O)C2CC2C(=CCC4C(=O)N(c5ccc(C(C)=O)cc5)C(=O)C42)C3c2ccccc2OCCO)cc1. The van der Waals surface area contributed by atoms with Crippen molar-refractivity contribution in [3.05, 3.63) is 129 Å². The third kappa shape index (κ3) is 5.79. The van der Waals surface area contributed by atoms with Gasteiger partial charge >= 0.3 is 0 Å². The summed E-state index contributed by atoms with van der Waals surface area (Å²) in [5.74, 6) is -5.15. The number of amides is 4. The van der Waals surface area contributed by atoms with Crippen molar-refractivity contribution in [3.63, 3.8) is 0 Å². The zero-order chi connectivity index (χ0) is 39.5. The Hall–Kier alpha value is -5.49. The van der Waals surface area contributed by atoms with Gasteiger partial charge in [0.2, 0.25) is 11.8 Å². The number of ketones is 1. The van der Waals surface area contributed by atoms with Crippen LogP contribution in [0.4, 0.5) is 11.4 Å². The Morgan fingerprint density at radius 1 is 0.911 bits per heavy atom. The summed E-state index contributed by atoms with van der Waals surface area (Å²) in [5.41, 5.74) is 4.35. The first-order chi connectivity index (χ1) is 27.0. The molecule has 4 aliphatic rings. The number of allylic oxidation sites excluding steroid dienone is 2. The number of imide groups is 2. The fraction of sp³-hybridized carbons (Fsp3) is 0.279. The number of hydrogen-bond donors (Lipinski definition) is 2. The molecule has 2 saturated heterocycles. The number of para-hydroxylation sites is 1. The van der Waals surface area contributed by atoms with Gasteiger partial charge in [0, 0.05) is 22.1 Å². The second kappa shape index (κ2) is 14.5. The van der Waals surface area contributed by atoms with Crippen molar-refractivity contribution in [2.45, 2.75) is 31.1 Å². The molecule has 2 heterocycles. The van der Waals surface area contributed by atoms with Gasteiger partial charge in [0.1, 0.15) is 18.1 Å². The van der Waals surface area contributed by atoms with E-state index < -0.39 is 52.7 Å². The second-order valence-corrected chi connectivity index (χ2v) is 15.3. The first-order valence-corrected chi connectivity index (χ1v) is 19.0. The zero-order valence-electron chi connectivity index (χ0n) is 30.4. The van der Waals surface area contributed by atoms with Gasteiger partial charge in [-0.25, -0.2) is 0 Å². The van der Waals surface area contributed by atoms with Gasteiger partial charge in [0.05, 0.1) is 53.3 Å². The van der Waals surface area contributed by atoms with E-state index >= 15 is 9.59 Å². The summed E-state index contributed by atoms with van der Waals surface area (Å²) >= 11 is 12.8. The fourth-order valence-corrected chi connectivity index (χ4v) is 9.74. The van der Waals surface area contributed by atoms with Gasteiger partial charge < -0.3 is 14.6 Å². The Balaban J connectivity index is 1.32. The van der Waals surface area contributed by atoms with E-state index in [9.17, 15) is 19.5 Å². The normalized spacial score (nSPS) is 25.4. The van der Waals surface area contributed by atoms with E-state index in [1.807, 2.05) is 18.2 Å². The van der Waals surface area contributed by atoms with Gasteiger partial charge in [-0.3, -0.25) is 34.3 Å². The molecule has 0 aromatic heterocycles. The first-order valence-electron chi connectivity index (χ1n) is 18.3. The van der Waals surface area contributed by atoms with Crippen LogP contribution in [0, 0.1) is 23.7 Å². The van der Waals surface area contributed by atoms with Crippen molar-refractivity contribution >= 4 is 64.0 Å². The number of halogens is 2. The van der Waals surface area contributed by atoms with Crippen LogP contribution in [0.5, 0.6) is 11.5 Å². The highest BCUT2D eigenvalue weighted by atomic mass is 35.5. The molecule has 1 saturated carbocycles. The van der Waals surface area contributed by atoms with Crippen LogP contribution in [-0.4, -0.2) is 59.9 Å². The van der Waals surface area contributed by atoms with Gasteiger partial charge in [0.15, 0.2) is 5.78 Å². The van der Waals surface area contributed by atoms with Crippen molar-refractivity contribution in [1.29, 1.82) is 0 Å². The number of fused-ring (bicyclic) bond motifs is 4. The Morgan fingerprint density at radius 3 is 2.32 bits per heavy atom. The molecule has 3 fully saturated rings. The molecule has 13 heteroatoms. The van der Waals surface area contributed by atoms with Gasteiger partial charge in [-0.1, -0.05) is 65.2 Å². The van der Waals surface area contributed by atoms with E-state index in [4.69, 9.17) is 32.7 Å². The molecule has 0 radical (unpaired) electrons. The van der Waals surface area contributed by atoms with Crippen molar-refractivity contribution in [1.82, 2.24) is 5.01 Å². The summed E-state index contributed by atoms with van der Waals surface area (Å²) in [5, 5.41) is 11.3. The maximum absolute atomic E-state index is 15.5. The monoisotopic (exact) mass is 793 g/mol. The Bertz CT molecular complexity index is 2310. The minimum atomic E-state index is -1.59. The molecule has 6 unspecified atom stereocenters. The van der Waals surface area contributed by atoms with Gasteiger partial charge in [-0.2, -0.15) is 5.01 Å². The molecular weight excluding hydrogens is 757 g/mol. The quantitative estimate of drug-likeness (QED) is 0.101. The molecule has 4 aromatic carbocycles. The highest BCUT2D eigenvalue weighted by Gasteiger charge is 2.70. The lowest BCUT2D eigenvalue weighted by Gasteiger charge is -2.50. The van der Waals surface area contributed by atoms with E-state index in [0.717, 1.165) is 10.6 Å². The number of rotatable bonds is 10. The number of carbonyl (C=O) groups is 5. The number of aliphatic hydroxyl groups is 1. The smallest absolute Gasteiger partial charge is 0.260 e. The molecule has 8 rings (SSSR count). The third-order valence-corrected chi connectivity index (χ3v) is 12.2. The molecule has 4 amide bonds. The van der Waals surface area contributed by atoms with E-state index in [-0.39, 0.29) is 48.5 Å². The van der Waals surface area contributed by atoms with E-state index in [1.165, 1.54) is 25.0 Å². The predicted octanol–water partition coefficient (Wildman–Crippen LogP) is 6.77. The third-order valence-electron chi connectivity index (χ3n) is 11.7. The molecule has 0 spiro atoms. The van der Waals surface area contributed by atoms with Crippen LogP contribution < -0.4 is 19.8 Å². The highest BCUT2D eigenvalue weighted by molar-refractivity contribution is 6.36. The first kappa shape index (κ1) is 37.4. The summed E-state index contributed by atoms with van der Waals surface area (Å²) in [6.45, 7) is 1.14. The average molecular weight is 795 g/mol. The van der Waals surface area contributed by atoms with Crippen LogP contribution >= 0.6 is 23.2 Å².